The smallest absolute Gasteiger partial charge is 0.323 e. The topological polar surface area (TPSA) is 76.5 Å². The van der Waals surface area contributed by atoms with E-state index < -0.39 is 0 Å². The number of nitrogens with one attached hydrogen (secondary N) is 1. The third kappa shape index (κ3) is 3.71. The highest BCUT2D eigenvalue weighted by Gasteiger charge is 2.34. The van der Waals surface area contributed by atoms with Crippen LogP contribution in [-0.4, -0.2) is 39.5 Å². The molecule has 0 saturated heterocycles. The molecule has 1 aliphatic rings. The number of aryl methyl sites for hydroxylation is 1. The van der Waals surface area contributed by atoms with Crippen LogP contribution in [0.3, 0.4) is 0 Å². The first-order valence-electron chi connectivity index (χ1n) is 8.15. The molecule has 0 radical (unpaired) electrons. The summed E-state index contributed by atoms with van der Waals surface area (Å²) in [5.74, 6) is -0.343. The Morgan fingerprint density at radius 3 is 2.68 bits per heavy atom. The zero-order valence-electron chi connectivity index (χ0n) is 14.7. The lowest BCUT2D eigenvalue weighted by molar-refractivity contribution is -0.148. The Hall–Kier alpha value is -2.67. The molecule has 1 atom stereocenters. The predicted octanol–water partition coefficient (Wildman–Crippen LogP) is 1.48. The van der Waals surface area contributed by atoms with E-state index in [2.05, 4.69) is 15.2 Å². The number of aromatic nitrogens is 2. The molecule has 0 aliphatic carbocycles. The fraction of sp³-hybridized carbons (Fsp3) is 0.389. The van der Waals surface area contributed by atoms with Crippen molar-refractivity contribution in [2.24, 2.45) is 7.05 Å². The fourth-order valence-corrected chi connectivity index (χ4v) is 3.16. The van der Waals surface area contributed by atoms with Crippen molar-refractivity contribution in [1.82, 2.24) is 14.5 Å². The van der Waals surface area contributed by atoms with E-state index in [9.17, 15) is 9.59 Å². The Balaban J connectivity index is 1.79. The van der Waals surface area contributed by atoms with Gasteiger partial charge in [-0.05, 0) is 17.7 Å². The second kappa shape index (κ2) is 7.06. The van der Waals surface area contributed by atoms with Crippen LogP contribution in [0.2, 0.25) is 0 Å². The van der Waals surface area contributed by atoms with Gasteiger partial charge in [-0.3, -0.25) is 14.5 Å². The molecule has 0 unspecified atom stereocenters. The molecule has 3 rings (SSSR count). The van der Waals surface area contributed by atoms with Crippen LogP contribution < -0.4 is 5.32 Å². The van der Waals surface area contributed by atoms with Crippen LogP contribution in [0.4, 0.5) is 5.69 Å². The molecule has 1 aromatic carbocycles. The minimum absolute atomic E-state index is 0.0988. The van der Waals surface area contributed by atoms with Crippen molar-refractivity contribution in [2.45, 2.75) is 32.5 Å². The van der Waals surface area contributed by atoms with E-state index in [1.54, 1.807) is 6.33 Å². The quantitative estimate of drug-likeness (QED) is 0.852. The summed E-state index contributed by atoms with van der Waals surface area (Å²) in [6, 6.07) is 7.30. The van der Waals surface area contributed by atoms with Crippen molar-refractivity contribution in [2.75, 3.05) is 12.4 Å². The van der Waals surface area contributed by atoms with E-state index in [-0.39, 0.29) is 17.9 Å². The highest BCUT2D eigenvalue weighted by atomic mass is 16.5. The van der Waals surface area contributed by atoms with Crippen LogP contribution >= 0.6 is 0 Å². The van der Waals surface area contributed by atoms with Gasteiger partial charge in [0.25, 0.3) is 0 Å². The number of amides is 1. The van der Waals surface area contributed by atoms with E-state index in [4.69, 9.17) is 4.74 Å². The molecule has 1 aliphatic heterocycles. The van der Waals surface area contributed by atoms with Gasteiger partial charge in [-0.1, -0.05) is 12.1 Å². The zero-order chi connectivity index (χ0) is 18.0. The maximum absolute atomic E-state index is 12.2. The lowest BCUT2D eigenvalue weighted by Crippen LogP contribution is -2.46. The molecule has 0 fully saturated rings. The molecule has 1 aromatic heterocycles. The van der Waals surface area contributed by atoms with Gasteiger partial charge in [0, 0.05) is 39.2 Å². The number of carbonyl (C=O) groups is 2. The number of esters is 1. The largest absolute Gasteiger partial charge is 0.468 e. The van der Waals surface area contributed by atoms with Gasteiger partial charge in [0.2, 0.25) is 5.91 Å². The van der Waals surface area contributed by atoms with Crippen LogP contribution in [0.1, 0.15) is 23.9 Å². The monoisotopic (exact) mass is 342 g/mol. The van der Waals surface area contributed by atoms with Gasteiger partial charge in [-0.2, -0.15) is 0 Å². The van der Waals surface area contributed by atoms with Crippen molar-refractivity contribution in [3.05, 3.63) is 47.5 Å². The van der Waals surface area contributed by atoms with Gasteiger partial charge in [-0.15, -0.1) is 0 Å². The van der Waals surface area contributed by atoms with Crippen LogP contribution in [0, 0.1) is 0 Å². The first-order chi connectivity index (χ1) is 12.0. The third-order valence-electron chi connectivity index (χ3n) is 4.46. The number of hydrogen-bond donors (Lipinski definition) is 1. The Morgan fingerprint density at radius 2 is 2.04 bits per heavy atom. The van der Waals surface area contributed by atoms with Gasteiger partial charge in [0.15, 0.2) is 0 Å². The maximum atomic E-state index is 12.2. The molecule has 0 saturated carbocycles. The highest BCUT2D eigenvalue weighted by Crippen LogP contribution is 2.25. The van der Waals surface area contributed by atoms with E-state index in [1.807, 2.05) is 35.9 Å². The SMILES string of the molecule is COC(=O)[C@@H]1Cc2ncn(C)c2CN1Cc1ccc(NC(C)=O)cc1. The maximum Gasteiger partial charge on any atom is 0.323 e. The summed E-state index contributed by atoms with van der Waals surface area (Å²) < 4.78 is 6.98. The lowest BCUT2D eigenvalue weighted by atomic mass is 10.0. The third-order valence-corrected chi connectivity index (χ3v) is 4.46. The Morgan fingerprint density at radius 1 is 1.32 bits per heavy atom. The second-order valence-electron chi connectivity index (χ2n) is 6.28. The molecule has 132 valence electrons. The molecule has 2 heterocycles. The molecule has 25 heavy (non-hydrogen) atoms. The number of anilines is 1. The second-order valence-corrected chi connectivity index (χ2v) is 6.28. The van der Waals surface area contributed by atoms with Crippen molar-refractivity contribution in [3.8, 4) is 0 Å². The summed E-state index contributed by atoms with van der Waals surface area (Å²) in [4.78, 5) is 29.8. The number of rotatable bonds is 4. The van der Waals surface area contributed by atoms with Crippen LogP contribution in [0.15, 0.2) is 30.6 Å². The average Bonchev–Trinajstić information content (AvgIpc) is 2.95. The van der Waals surface area contributed by atoms with Crippen molar-refractivity contribution < 1.29 is 14.3 Å². The van der Waals surface area contributed by atoms with Crippen LogP contribution in [0.25, 0.3) is 0 Å². The predicted molar refractivity (Wildman–Crippen MR) is 92.7 cm³/mol. The molecule has 7 nitrogen and oxygen atoms in total. The van der Waals surface area contributed by atoms with Gasteiger partial charge in [-0.25, -0.2) is 4.98 Å². The summed E-state index contributed by atoms with van der Waals surface area (Å²) in [6.45, 7) is 2.73. The number of hydrogen-bond acceptors (Lipinski definition) is 5. The normalized spacial score (nSPS) is 17.0. The molecule has 0 spiro atoms. The minimum atomic E-state index is -0.345. The van der Waals surface area contributed by atoms with Crippen molar-refractivity contribution >= 4 is 17.6 Å². The summed E-state index contributed by atoms with van der Waals surface area (Å²) in [5.41, 5.74) is 3.90. The number of carbonyl (C=O) groups excluding carboxylic acids is 2. The average molecular weight is 342 g/mol. The lowest BCUT2D eigenvalue weighted by Gasteiger charge is -2.33. The summed E-state index contributed by atoms with van der Waals surface area (Å²) >= 11 is 0. The molecule has 1 N–H and O–H groups in total. The zero-order valence-corrected chi connectivity index (χ0v) is 14.7. The molecule has 0 bridgehead atoms. The fourth-order valence-electron chi connectivity index (χ4n) is 3.16. The van der Waals surface area contributed by atoms with Gasteiger partial charge in [0.05, 0.1) is 24.8 Å². The molecular formula is C18H22N4O3. The van der Waals surface area contributed by atoms with Gasteiger partial charge in [0.1, 0.15) is 6.04 Å². The Kier molecular flexibility index (Phi) is 4.85. The Labute approximate surface area is 146 Å². The molecule has 7 heteroatoms. The first kappa shape index (κ1) is 17.2. The van der Waals surface area contributed by atoms with E-state index in [0.717, 1.165) is 22.6 Å². The van der Waals surface area contributed by atoms with Crippen molar-refractivity contribution in [3.63, 3.8) is 0 Å². The standard InChI is InChI=1S/C18H22N4O3/c1-12(23)20-14-6-4-13(5-7-14)9-22-10-17-15(19-11-21(17)2)8-16(22)18(24)25-3/h4-7,11,16H,8-10H2,1-3H3,(H,20,23)/t16-/m0/s1. The summed E-state index contributed by atoms with van der Waals surface area (Å²) in [5, 5.41) is 2.75. The van der Waals surface area contributed by atoms with Gasteiger partial charge < -0.3 is 14.6 Å². The number of imidazole rings is 1. The van der Waals surface area contributed by atoms with E-state index in [1.165, 1.54) is 14.0 Å². The Bertz CT molecular complexity index is 782. The molecule has 2 aromatic rings. The number of ether oxygens (including phenoxy) is 1. The number of methoxy groups -OCH3 is 1. The number of benzene rings is 1. The molecule has 1 amide bonds. The first-order valence-corrected chi connectivity index (χ1v) is 8.15. The molecular weight excluding hydrogens is 320 g/mol. The summed E-state index contributed by atoms with van der Waals surface area (Å²) in [6.07, 6.45) is 2.33. The van der Waals surface area contributed by atoms with Crippen molar-refractivity contribution in [1.29, 1.82) is 0 Å². The number of nitrogens with zero attached hydrogens (tertiary/aromatic N) is 3. The van der Waals surface area contributed by atoms with E-state index >= 15 is 0 Å². The van der Waals surface area contributed by atoms with Gasteiger partial charge >= 0.3 is 5.97 Å². The van der Waals surface area contributed by atoms with Crippen LogP contribution in [-0.2, 0) is 40.9 Å². The summed E-state index contributed by atoms with van der Waals surface area (Å²) in [7, 11) is 3.38. The van der Waals surface area contributed by atoms with E-state index in [0.29, 0.717) is 19.5 Å². The minimum Gasteiger partial charge on any atom is -0.468 e. The van der Waals surface area contributed by atoms with Crippen LogP contribution in [0.5, 0.6) is 0 Å². The highest BCUT2D eigenvalue weighted by molar-refractivity contribution is 5.88. The number of fused-ring (bicyclic) bond motifs is 1.